The van der Waals surface area contributed by atoms with Crippen LogP contribution >= 0.6 is 0 Å². The second kappa shape index (κ2) is 21.5. The molecule has 0 amide bonds. The first-order valence-electron chi connectivity index (χ1n) is 34.7. The van der Waals surface area contributed by atoms with Crippen molar-refractivity contribution in [2.75, 3.05) is 9.80 Å². The highest BCUT2D eigenvalue weighted by molar-refractivity contribution is 7.00. The highest BCUT2D eigenvalue weighted by Gasteiger charge is 2.49. The maximum absolute atomic E-state index is 7.30. The number of anilines is 6. The summed E-state index contributed by atoms with van der Waals surface area (Å²) in [5, 5.41) is 0. The van der Waals surface area contributed by atoms with Crippen LogP contribution in [0, 0.1) is 0 Å². The third-order valence-corrected chi connectivity index (χ3v) is 21.4. The maximum atomic E-state index is 7.30. The molecule has 10 aromatic rings. The van der Waals surface area contributed by atoms with Gasteiger partial charge in [0.2, 0.25) is 0 Å². The second-order valence-corrected chi connectivity index (χ2v) is 35.2. The third kappa shape index (κ3) is 10.7. The molecule has 0 radical (unpaired) electrons. The number of fused-ring (bicyclic) bond motifs is 8. The third-order valence-electron chi connectivity index (χ3n) is 21.4. The zero-order chi connectivity index (χ0) is 67.8. The summed E-state index contributed by atoms with van der Waals surface area (Å²) < 4.78 is 14.6. The van der Waals surface area contributed by atoms with Crippen molar-refractivity contribution in [2.24, 2.45) is 0 Å². The van der Waals surface area contributed by atoms with Crippen LogP contribution in [0.2, 0.25) is 0 Å². The molecule has 0 N–H and O–H groups in total. The van der Waals surface area contributed by atoms with E-state index in [2.05, 4.69) is 350 Å². The van der Waals surface area contributed by atoms with E-state index in [1.54, 1.807) is 0 Å². The van der Waals surface area contributed by atoms with E-state index in [-0.39, 0.29) is 39.2 Å². The van der Waals surface area contributed by atoms with Crippen molar-refractivity contribution in [2.45, 2.75) is 196 Å². The van der Waals surface area contributed by atoms with Gasteiger partial charge in [0.1, 0.15) is 23.0 Å². The standard InChI is InChI=1S/C90H97BN2O2/c1-83(2,3)58-39-54(40-59(47-58)84(4,5)6)55-45-76-82-77(46-55)93(73-36-28-24-32-65(73)57-43-62(87(13,14)15)49-63(44-57)88(16,17)18)75-51-69-81(95-79-38-30-26-34-67(79)90(69,21)22)53-71(75)91(82)70-52-80-68(89(19,20)66-33-25-29-37-78(66)94-80)50-74(70)92(76)72-35-27-23-31-64(72)56-41-60(85(7,8)9)48-61(42-56)86(10,11)12/h23-53H,1-22H3. The zero-order valence-corrected chi connectivity index (χ0v) is 60.7. The number of hydrogen-bond donors (Lipinski definition) is 0. The van der Waals surface area contributed by atoms with Gasteiger partial charge >= 0.3 is 0 Å². The Balaban J connectivity index is 1.17. The predicted molar refractivity (Wildman–Crippen MR) is 406 cm³/mol. The molecular formula is C90H97BN2O2. The molecule has 0 aromatic heterocycles. The minimum atomic E-state index is -0.412. The summed E-state index contributed by atoms with van der Waals surface area (Å²) in [5.74, 6) is 3.57. The van der Waals surface area contributed by atoms with E-state index in [9.17, 15) is 0 Å². The van der Waals surface area contributed by atoms with Crippen molar-refractivity contribution in [1.29, 1.82) is 0 Å². The minimum absolute atomic E-state index is 0.104. The smallest absolute Gasteiger partial charge is 0.252 e. The van der Waals surface area contributed by atoms with E-state index in [0.717, 1.165) is 73.8 Å². The number of hydrogen-bond acceptors (Lipinski definition) is 4. The van der Waals surface area contributed by atoms with Gasteiger partial charge in [-0.3, -0.25) is 0 Å². The Morgan fingerprint density at radius 2 is 0.568 bits per heavy atom. The highest BCUT2D eigenvalue weighted by atomic mass is 16.5. The molecule has 482 valence electrons. The van der Waals surface area contributed by atoms with Crippen molar-refractivity contribution in [1.82, 2.24) is 0 Å². The predicted octanol–water partition coefficient (Wildman–Crippen LogP) is 23.4. The Bertz CT molecular complexity index is 4440. The van der Waals surface area contributed by atoms with Gasteiger partial charge in [-0.2, -0.15) is 0 Å². The molecule has 4 heterocycles. The van der Waals surface area contributed by atoms with E-state index in [0.29, 0.717) is 0 Å². The Morgan fingerprint density at radius 3 is 0.905 bits per heavy atom. The van der Waals surface area contributed by atoms with Gasteiger partial charge in [0, 0.05) is 67.0 Å². The maximum Gasteiger partial charge on any atom is 0.252 e. The molecule has 10 aromatic carbocycles. The lowest BCUT2D eigenvalue weighted by atomic mass is 9.33. The van der Waals surface area contributed by atoms with Gasteiger partial charge in [-0.1, -0.05) is 280 Å². The lowest BCUT2D eigenvalue weighted by molar-refractivity contribution is 0.418. The van der Waals surface area contributed by atoms with Crippen LogP contribution in [-0.4, -0.2) is 6.71 Å². The molecular weight excluding hydrogens is 1150 g/mol. The van der Waals surface area contributed by atoms with Gasteiger partial charge < -0.3 is 19.3 Å². The summed E-state index contributed by atoms with van der Waals surface area (Å²) >= 11 is 0. The van der Waals surface area contributed by atoms with E-state index < -0.39 is 10.8 Å². The fourth-order valence-corrected chi connectivity index (χ4v) is 15.3. The summed E-state index contributed by atoms with van der Waals surface area (Å²) in [6.07, 6.45) is 0. The van der Waals surface area contributed by atoms with Gasteiger partial charge in [-0.25, -0.2) is 0 Å². The minimum Gasteiger partial charge on any atom is -0.457 e. The molecule has 95 heavy (non-hydrogen) atoms. The van der Waals surface area contributed by atoms with E-state index >= 15 is 0 Å². The van der Waals surface area contributed by atoms with Gasteiger partial charge in [0.15, 0.2) is 0 Å². The zero-order valence-electron chi connectivity index (χ0n) is 60.7. The van der Waals surface area contributed by atoms with Crippen LogP contribution in [0.15, 0.2) is 188 Å². The Morgan fingerprint density at radius 1 is 0.274 bits per heavy atom. The first kappa shape index (κ1) is 63.8. The van der Waals surface area contributed by atoms with Crippen LogP contribution in [0.5, 0.6) is 23.0 Å². The van der Waals surface area contributed by atoms with Crippen molar-refractivity contribution in [3.8, 4) is 56.4 Å². The summed E-state index contributed by atoms with van der Waals surface area (Å²) in [6.45, 7) is 51.6. The lowest BCUT2D eigenvalue weighted by Crippen LogP contribution is -2.61. The summed E-state index contributed by atoms with van der Waals surface area (Å²) in [6, 6.07) is 73.1. The molecule has 0 atom stereocenters. The monoisotopic (exact) mass is 1250 g/mol. The topological polar surface area (TPSA) is 24.9 Å². The van der Waals surface area contributed by atoms with Crippen molar-refractivity contribution in [3.05, 3.63) is 244 Å². The number of para-hydroxylation sites is 4. The van der Waals surface area contributed by atoms with Crippen molar-refractivity contribution in [3.63, 3.8) is 0 Å². The largest absolute Gasteiger partial charge is 0.457 e. The SMILES string of the molecule is CC(C)(C)c1cc(-c2cc3c4c(c2)N(c2ccccc2-c2cc(C(C)(C)C)cc(C(C)(C)C)c2)c2cc5c(cc2B4c2cc4c(cc2N3c2ccccc2-c2cc(C(C)(C)C)cc(C(C)(C)C)c2)C(C)(C)c2ccccc2O4)Oc2ccccc2C5(C)C)cc(C(C)(C)C)c1. The van der Waals surface area contributed by atoms with Gasteiger partial charge in [-0.15, -0.1) is 0 Å². The molecule has 0 saturated carbocycles. The molecule has 0 aliphatic carbocycles. The fraction of sp³-hybridized carbons (Fsp3) is 0.333. The number of nitrogens with zero attached hydrogens (tertiary/aromatic N) is 2. The first-order chi connectivity index (χ1) is 44.4. The number of benzene rings is 10. The quantitative estimate of drug-likeness (QED) is 0.160. The van der Waals surface area contributed by atoms with E-state index in [1.807, 2.05) is 0 Å². The van der Waals surface area contributed by atoms with Crippen LogP contribution in [0.3, 0.4) is 0 Å². The average Bonchev–Trinajstić information content (AvgIpc) is 0.685. The molecule has 0 bridgehead atoms. The van der Waals surface area contributed by atoms with Crippen LogP contribution in [0.1, 0.15) is 208 Å². The average molecular weight is 1250 g/mol. The fourth-order valence-electron chi connectivity index (χ4n) is 15.3. The van der Waals surface area contributed by atoms with Crippen LogP contribution in [0.4, 0.5) is 34.1 Å². The van der Waals surface area contributed by atoms with Gasteiger partial charge in [-0.05, 0) is 165 Å². The van der Waals surface area contributed by atoms with E-state index in [4.69, 9.17) is 9.47 Å². The van der Waals surface area contributed by atoms with Crippen molar-refractivity contribution < 1.29 is 9.47 Å². The van der Waals surface area contributed by atoms with Crippen LogP contribution in [-0.2, 0) is 43.3 Å². The van der Waals surface area contributed by atoms with E-state index in [1.165, 1.54) is 88.7 Å². The van der Waals surface area contributed by atoms with Crippen LogP contribution in [0.25, 0.3) is 33.4 Å². The highest BCUT2D eigenvalue weighted by Crippen LogP contribution is 2.57. The van der Waals surface area contributed by atoms with Gasteiger partial charge in [0.05, 0.1) is 11.4 Å². The molecule has 0 saturated heterocycles. The Hall–Kier alpha value is -8.54. The van der Waals surface area contributed by atoms with Crippen molar-refractivity contribution >= 4 is 57.2 Å². The van der Waals surface area contributed by atoms with Gasteiger partial charge in [0.25, 0.3) is 6.71 Å². The molecule has 4 nitrogen and oxygen atoms in total. The first-order valence-corrected chi connectivity index (χ1v) is 34.7. The van der Waals surface area contributed by atoms with Crippen LogP contribution < -0.4 is 35.7 Å². The number of ether oxygens (including phenoxy) is 2. The molecule has 0 unspecified atom stereocenters. The summed E-state index contributed by atoms with van der Waals surface area (Å²) in [5.41, 5.74) is 28.5. The summed E-state index contributed by atoms with van der Waals surface area (Å²) in [7, 11) is 0. The molecule has 14 rings (SSSR count). The summed E-state index contributed by atoms with van der Waals surface area (Å²) in [4.78, 5) is 5.34. The molecule has 5 heteroatoms. The number of rotatable bonds is 5. The Labute approximate surface area is 568 Å². The second-order valence-electron chi connectivity index (χ2n) is 35.2. The lowest BCUT2D eigenvalue weighted by Gasteiger charge is -2.47. The molecule has 4 aliphatic rings. The molecule has 4 aliphatic heterocycles. The molecule has 0 fully saturated rings. The molecule has 0 spiro atoms. The normalized spacial score (nSPS) is 15.3. The Kier molecular flexibility index (Phi) is 14.4.